The van der Waals surface area contributed by atoms with Gasteiger partial charge in [0.25, 0.3) is 0 Å². The second-order valence-electron chi connectivity index (χ2n) is 4.49. The number of hydrogen-bond donors (Lipinski definition) is 1. The second-order valence-corrected chi connectivity index (χ2v) is 5.31. The third-order valence-corrected chi connectivity index (χ3v) is 3.92. The van der Waals surface area contributed by atoms with Crippen LogP contribution in [0.15, 0.2) is 36.4 Å². The number of imidazole rings is 1. The van der Waals surface area contributed by atoms with Crippen LogP contribution in [-0.2, 0) is 6.54 Å². The van der Waals surface area contributed by atoms with Crippen LogP contribution in [0.4, 0.5) is 5.69 Å². The van der Waals surface area contributed by atoms with Gasteiger partial charge in [0.2, 0.25) is 0 Å². The van der Waals surface area contributed by atoms with Crippen LogP contribution in [0.1, 0.15) is 6.92 Å². The largest absolute Gasteiger partial charge is 0.398 e. The van der Waals surface area contributed by atoms with Gasteiger partial charge >= 0.3 is 0 Å². The SMILES string of the molecule is CCn1c(-c2c(N)cccc2Cl)nc2cccc(Cl)c21. The summed E-state index contributed by atoms with van der Waals surface area (Å²) in [7, 11) is 0. The van der Waals surface area contributed by atoms with Crippen molar-refractivity contribution in [3.63, 3.8) is 0 Å². The molecule has 2 N–H and O–H groups in total. The summed E-state index contributed by atoms with van der Waals surface area (Å²) >= 11 is 12.6. The molecular weight excluding hydrogens is 293 g/mol. The lowest BCUT2D eigenvalue weighted by molar-refractivity contribution is 0.797. The molecule has 0 saturated heterocycles. The highest BCUT2D eigenvalue weighted by Crippen LogP contribution is 2.36. The van der Waals surface area contributed by atoms with Crippen molar-refractivity contribution >= 4 is 39.9 Å². The molecule has 1 aromatic heterocycles. The first kappa shape index (κ1) is 13.3. The number of nitrogens with zero attached hydrogens (tertiary/aromatic N) is 2. The van der Waals surface area contributed by atoms with E-state index in [4.69, 9.17) is 28.9 Å². The molecule has 102 valence electrons. The van der Waals surface area contributed by atoms with Crippen LogP contribution < -0.4 is 5.73 Å². The standard InChI is InChI=1S/C15H13Cl2N3/c1-2-20-14-10(17)6-4-8-12(14)19-15(20)13-9(16)5-3-7-11(13)18/h3-8H,2,18H2,1H3. The highest BCUT2D eigenvalue weighted by atomic mass is 35.5. The van der Waals surface area contributed by atoms with Crippen molar-refractivity contribution in [2.75, 3.05) is 5.73 Å². The van der Waals surface area contributed by atoms with E-state index in [1.54, 1.807) is 0 Å². The van der Waals surface area contributed by atoms with Crippen molar-refractivity contribution in [1.82, 2.24) is 9.55 Å². The third kappa shape index (κ3) is 1.94. The second kappa shape index (κ2) is 5.00. The molecule has 3 rings (SSSR count). The molecule has 0 fully saturated rings. The maximum absolute atomic E-state index is 6.30. The lowest BCUT2D eigenvalue weighted by atomic mass is 10.1. The topological polar surface area (TPSA) is 43.8 Å². The molecule has 5 heteroatoms. The molecule has 3 nitrogen and oxygen atoms in total. The molecule has 3 aromatic rings. The Bertz CT molecular complexity index is 773. The lowest BCUT2D eigenvalue weighted by Gasteiger charge is -2.10. The van der Waals surface area contributed by atoms with E-state index in [9.17, 15) is 0 Å². The van der Waals surface area contributed by atoms with Crippen LogP contribution in [0, 0.1) is 0 Å². The Kier molecular flexibility index (Phi) is 3.32. The van der Waals surface area contributed by atoms with E-state index >= 15 is 0 Å². The summed E-state index contributed by atoms with van der Waals surface area (Å²) < 4.78 is 2.04. The summed E-state index contributed by atoms with van der Waals surface area (Å²) in [6.07, 6.45) is 0. The van der Waals surface area contributed by atoms with Gasteiger partial charge < -0.3 is 10.3 Å². The Labute approximate surface area is 126 Å². The number of aromatic nitrogens is 2. The summed E-state index contributed by atoms with van der Waals surface area (Å²) in [4.78, 5) is 4.65. The first-order chi connectivity index (χ1) is 9.63. The maximum Gasteiger partial charge on any atom is 0.144 e. The smallest absolute Gasteiger partial charge is 0.144 e. The van der Waals surface area contributed by atoms with Gasteiger partial charge in [0.05, 0.1) is 26.6 Å². The number of benzene rings is 2. The average molecular weight is 306 g/mol. The number of nitrogens with two attached hydrogens (primary N) is 1. The van der Waals surface area contributed by atoms with E-state index in [1.807, 2.05) is 47.9 Å². The van der Waals surface area contributed by atoms with Gasteiger partial charge in [-0.2, -0.15) is 0 Å². The molecule has 0 amide bonds. The van der Waals surface area contributed by atoms with Gasteiger partial charge in [-0.05, 0) is 31.2 Å². The van der Waals surface area contributed by atoms with E-state index in [2.05, 4.69) is 4.98 Å². The Hall–Kier alpha value is -1.71. The average Bonchev–Trinajstić information content (AvgIpc) is 2.78. The van der Waals surface area contributed by atoms with Gasteiger partial charge in [-0.1, -0.05) is 35.3 Å². The van der Waals surface area contributed by atoms with Gasteiger partial charge in [-0.25, -0.2) is 4.98 Å². The number of hydrogen-bond acceptors (Lipinski definition) is 2. The fourth-order valence-corrected chi connectivity index (χ4v) is 2.96. The number of para-hydroxylation sites is 1. The molecule has 0 bridgehead atoms. The minimum Gasteiger partial charge on any atom is -0.398 e. The molecular formula is C15H13Cl2N3. The quantitative estimate of drug-likeness (QED) is 0.702. The minimum absolute atomic E-state index is 0.589. The van der Waals surface area contributed by atoms with Crippen molar-refractivity contribution in [2.45, 2.75) is 13.5 Å². The molecule has 0 atom stereocenters. The molecule has 0 aliphatic carbocycles. The van der Waals surface area contributed by atoms with E-state index < -0.39 is 0 Å². The zero-order valence-electron chi connectivity index (χ0n) is 10.9. The minimum atomic E-state index is 0.589. The number of aryl methyl sites for hydroxylation is 1. The van der Waals surface area contributed by atoms with Crippen LogP contribution in [0.3, 0.4) is 0 Å². The number of nitrogen functional groups attached to an aromatic ring is 1. The summed E-state index contributed by atoms with van der Waals surface area (Å²) in [6.45, 7) is 2.78. The third-order valence-electron chi connectivity index (χ3n) is 3.30. The lowest BCUT2D eigenvalue weighted by Crippen LogP contribution is -2.01. The molecule has 20 heavy (non-hydrogen) atoms. The summed E-state index contributed by atoms with van der Waals surface area (Å²) in [5.41, 5.74) is 9.18. The molecule has 0 radical (unpaired) electrons. The first-order valence-electron chi connectivity index (χ1n) is 6.32. The van der Waals surface area contributed by atoms with E-state index in [1.165, 1.54) is 0 Å². The van der Waals surface area contributed by atoms with Gasteiger partial charge in [0.15, 0.2) is 0 Å². The van der Waals surface area contributed by atoms with Gasteiger partial charge in [-0.15, -0.1) is 0 Å². The van der Waals surface area contributed by atoms with Crippen molar-refractivity contribution in [2.24, 2.45) is 0 Å². The normalized spacial score (nSPS) is 11.2. The highest BCUT2D eigenvalue weighted by molar-refractivity contribution is 6.35. The zero-order valence-corrected chi connectivity index (χ0v) is 12.4. The number of anilines is 1. The number of halogens is 2. The van der Waals surface area contributed by atoms with Crippen molar-refractivity contribution < 1.29 is 0 Å². The Morgan fingerprint density at radius 3 is 2.50 bits per heavy atom. The predicted molar refractivity (Wildman–Crippen MR) is 85.3 cm³/mol. The van der Waals surface area contributed by atoms with Crippen LogP contribution in [-0.4, -0.2) is 9.55 Å². The zero-order chi connectivity index (χ0) is 14.3. The van der Waals surface area contributed by atoms with Crippen molar-refractivity contribution in [3.05, 3.63) is 46.4 Å². The van der Waals surface area contributed by atoms with Gasteiger partial charge in [0, 0.05) is 12.2 Å². The van der Waals surface area contributed by atoms with Gasteiger partial charge in [0.1, 0.15) is 5.82 Å². The summed E-state index contributed by atoms with van der Waals surface area (Å²) in [5, 5.41) is 1.26. The molecule has 0 unspecified atom stereocenters. The van der Waals surface area contributed by atoms with Crippen molar-refractivity contribution in [3.8, 4) is 11.4 Å². The number of rotatable bonds is 2. The maximum atomic E-state index is 6.30. The Balaban J connectivity index is 2.40. The van der Waals surface area contributed by atoms with E-state index in [0.29, 0.717) is 15.7 Å². The van der Waals surface area contributed by atoms with Crippen LogP contribution in [0.25, 0.3) is 22.4 Å². The predicted octanol–water partition coefficient (Wildman–Crippen LogP) is 4.61. The van der Waals surface area contributed by atoms with Crippen LogP contribution in [0.5, 0.6) is 0 Å². The highest BCUT2D eigenvalue weighted by Gasteiger charge is 2.17. The Morgan fingerprint density at radius 2 is 1.80 bits per heavy atom. The van der Waals surface area contributed by atoms with Gasteiger partial charge in [-0.3, -0.25) is 0 Å². The molecule has 1 heterocycles. The van der Waals surface area contributed by atoms with Crippen molar-refractivity contribution in [1.29, 1.82) is 0 Å². The van der Waals surface area contributed by atoms with E-state index in [-0.39, 0.29) is 0 Å². The molecule has 0 spiro atoms. The summed E-state index contributed by atoms with van der Waals surface area (Å²) in [5.74, 6) is 0.749. The monoisotopic (exact) mass is 305 g/mol. The molecule has 2 aromatic carbocycles. The fourth-order valence-electron chi connectivity index (χ4n) is 2.42. The van der Waals surface area contributed by atoms with Crippen LogP contribution in [0.2, 0.25) is 10.0 Å². The Morgan fingerprint density at radius 1 is 1.10 bits per heavy atom. The first-order valence-corrected chi connectivity index (χ1v) is 7.08. The molecule has 0 aliphatic rings. The fraction of sp³-hybridized carbons (Fsp3) is 0.133. The molecule has 0 saturated carbocycles. The summed E-state index contributed by atoms with van der Waals surface area (Å²) in [6, 6.07) is 11.1. The molecule has 0 aliphatic heterocycles. The van der Waals surface area contributed by atoms with Crippen LogP contribution >= 0.6 is 23.2 Å². The van der Waals surface area contributed by atoms with E-state index in [0.717, 1.165) is 29.0 Å². The number of fused-ring (bicyclic) bond motifs is 1.